The largest absolute Gasteiger partial charge is 0.381 e. The van der Waals surface area contributed by atoms with E-state index in [0.717, 1.165) is 12.1 Å². The van der Waals surface area contributed by atoms with Gasteiger partial charge in [-0.25, -0.2) is 0 Å². The first-order valence-electron chi connectivity index (χ1n) is 8.09. The van der Waals surface area contributed by atoms with Crippen LogP contribution in [0.5, 0.6) is 0 Å². The zero-order valence-electron chi connectivity index (χ0n) is 14.0. The number of aromatic amines is 1. The Morgan fingerprint density at radius 2 is 2.30 bits per heavy atom. The van der Waals surface area contributed by atoms with E-state index in [1.165, 1.54) is 5.56 Å². The minimum absolute atomic E-state index is 0.0698. The summed E-state index contributed by atoms with van der Waals surface area (Å²) in [6, 6.07) is 1.93. The normalized spacial score (nSPS) is 21.1. The van der Waals surface area contributed by atoms with E-state index < -0.39 is 0 Å². The molecular weight excluding hydrogens is 292 g/mol. The monoisotopic (exact) mass is 316 g/mol. The van der Waals surface area contributed by atoms with Gasteiger partial charge in [0.25, 0.3) is 5.91 Å². The smallest absolute Gasteiger partial charge is 0.270 e. The number of nitrogens with one attached hydrogen (secondary N) is 1. The van der Waals surface area contributed by atoms with Crippen molar-refractivity contribution >= 4 is 5.91 Å². The summed E-state index contributed by atoms with van der Waals surface area (Å²) in [4.78, 5) is 17.8. The molecule has 23 heavy (non-hydrogen) atoms. The lowest BCUT2D eigenvalue weighted by molar-refractivity contribution is 0.0757. The second-order valence-electron chi connectivity index (χ2n) is 6.22. The summed E-state index contributed by atoms with van der Waals surface area (Å²) in [6.45, 7) is 6.75. The van der Waals surface area contributed by atoms with E-state index in [2.05, 4.69) is 10.1 Å². The van der Waals surface area contributed by atoms with E-state index in [1.807, 2.05) is 55.1 Å². The Morgan fingerprint density at radius 3 is 2.91 bits per heavy atom. The highest BCUT2D eigenvalue weighted by atomic mass is 16.5. The lowest BCUT2D eigenvalue weighted by Crippen LogP contribution is -2.30. The molecule has 0 radical (unpaired) electrons. The number of likely N-dealkylation sites (tertiary alicyclic amines) is 1. The van der Waals surface area contributed by atoms with Gasteiger partial charge >= 0.3 is 0 Å². The third kappa shape index (κ3) is 3.17. The molecule has 6 heteroatoms. The quantitative estimate of drug-likeness (QED) is 0.917. The summed E-state index contributed by atoms with van der Waals surface area (Å²) < 4.78 is 7.46. The van der Waals surface area contributed by atoms with Gasteiger partial charge in [-0.1, -0.05) is 0 Å². The number of carbonyl (C=O) groups is 1. The van der Waals surface area contributed by atoms with Gasteiger partial charge in [0.15, 0.2) is 0 Å². The summed E-state index contributed by atoms with van der Waals surface area (Å²) >= 11 is 0. The second kappa shape index (κ2) is 6.58. The van der Waals surface area contributed by atoms with E-state index in [4.69, 9.17) is 4.74 Å². The van der Waals surface area contributed by atoms with Gasteiger partial charge in [0, 0.05) is 51.0 Å². The summed E-state index contributed by atoms with van der Waals surface area (Å²) in [6.07, 6.45) is 5.75. The van der Waals surface area contributed by atoms with Crippen LogP contribution in [0.1, 0.15) is 34.5 Å². The number of aromatic nitrogens is 3. The number of H-pyrrole nitrogens is 1. The maximum absolute atomic E-state index is 12.8. The number of hydrogen-bond donors (Lipinski definition) is 1. The van der Waals surface area contributed by atoms with Crippen molar-refractivity contribution in [2.75, 3.05) is 26.3 Å². The highest BCUT2D eigenvalue weighted by Crippen LogP contribution is 2.33. The maximum atomic E-state index is 12.8. The second-order valence-corrected chi connectivity index (χ2v) is 6.22. The first kappa shape index (κ1) is 15.8. The summed E-state index contributed by atoms with van der Waals surface area (Å²) in [5.74, 6) is 0.647. The molecule has 1 saturated heterocycles. The van der Waals surface area contributed by atoms with Crippen LogP contribution in [-0.4, -0.2) is 51.9 Å². The van der Waals surface area contributed by atoms with E-state index in [-0.39, 0.29) is 11.8 Å². The Morgan fingerprint density at radius 1 is 1.48 bits per heavy atom. The number of aryl methyl sites for hydroxylation is 2. The van der Waals surface area contributed by atoms with Gasteiger partial charge in [-0.15, -0.1) is 0 Å². The summed E-state index contributed by atoms with van der Waals surface area (Å²) in [5, 5.41) is 4.28. The fourth-order valence-corrected chi connectivity index (χ4v) is 3.32. The number of carbonyl (C=O) groups excluding carboxylic acids is 1. The highest BCUT2D eigenvalue weighted by molar-refractivity contribution is 5.94. The third-order valence-corrected chi connectivity index (χ3v) is 4.59. The molecule has 2 atom stereocenters. The van der Waals surface area contributed by atoms with Crippen LogP contribution in [0.2, 0.25) is 0 Å². The number of hydrogen-bond acceptors (Lipinski definition) is 3. The van der Waals surface area contributed by atoms with Crippen molar-refractivity contribution in [3.63, 3.8) is 0 Å². The van der Waals surface area contributed by atoms with Crippen LogP contribution in [0.15, 0.2) is 24.7 Å². The van der Waals surface area contributed by atoms with Gasteiger partial charge < -0.3 is 14.6 Å². The molecule has 3 heterocycles. The van der Waals surface area contributed by atoms with Crippen LogP contribution in [0, 0.1) is 12.8 Å². The van der Waals surface area contributed by atoms with Gasteiger partial charge in [-0.05, 0) is 31.0 Å². The van der Waals surface area contributed by atoms with Crippen LogP contribution in [0.3, 0.4) is 0 Å². The number of ether oxygens (including phenoxy) is 1. The van der Waals surface area contributed by atoms with Crippen LogP contribution >= 0.6 is 0 Å². The predicted molar refractivity (Wildman–Crippen MR) is 87.4 cm³/mol. The first-order valence-corrected chi connectivity index (χ1v) is 8.09. The van der Waals surface area contributed by atoms with E-state index in [9.17, 15) is 4.79 Å². The molecule has 1 aliphatic heterocycles. The van der Waals surface area contributed by atoms with Gasteiger partial charge in [0.2, 0.25) is 0 Å². The average molecular weight is 316 g/mol. The molecule has 2 aromatic rings. The fraction of sp³-hybridized carbons (Fsp3) is 0.529. The van der Waals surface area contributed by atoms with Crippen molar-refractivity contribution in [3.8, 4) is 0 Å². The van der Waals surface area contributed by atoms with E-state index in [0.29, 0.717) is 31.4 Å². The van der Waals surface area contributed by atoms with Gasteiger partial charge in [0.05, 0.1) is 12.8 Å². The Balaban J connectivity index is 1.79. The summed E-state index contributed by atoms with van der Waals surface area (Å²) in [5.41, 5.74) is 2.85. The van der Waals surface area contributed by atoms with Crippen LogP contribution in [0.25, 0.3) is 0 Å². The Bertz CT molecular complexity index is 676. The highest BCUT2D eigenvalue weighted by Gasteiger charge is 2.37. The van der Waals surface area contributed by atoms with Crippen molar-refractivity contribution in [2.45, 2.75) is 19.8 Å². The molecule has 0 aliphatic carbocycles. The molecule has 0 aromatic carbocycles. The number of nitrogens with zero attached hydrogens (tertiary/aromatic N) is 3. The Hall–Kier alpha value is -2.08. The van der Waals surface area contributed by atoms with Gasteiger partial charge in [0.1, 0.15) is 5.69 Å². The van der Waals surface area contributed by atoms with Crippen molar-refractivity contribution in [3.05, 3.63) is 41.5 Å². The number of amides is 1. The molecular formula is C17H24N4O2. The van der Waals surface area contributed by atoms with Crippen molar-refractivity contribution in [2.24, 2.45) is 13.0 Å². The topological polar surface area (TPSA) is 63.1 Å². The van der Waals surface area contributed by atoms with Gasteiger partial charge in [-0.3, -0.25) is 9.48 Å². The molecule has 2 aromatic heterocycles. The van der Waals surface area contributed by atoms with Crippen LogP contribution in [-0.2, 0) is 11.8 Å². The standard InChI is InChI=1S/C17H24N4O2/c1-4-23-11-14-9-21(17(22)16-12(2)5-6-18-16)10-15(14)13-7-19-20(3)8-13/h5-8,14-15,18H,4,9-11H2,1-3H3/t14-,15-/m0/s1. The minimum Gasteiger partial charge on any atom is -0.381 e. The predicted octanol–water partition coefficient (Wildman–Crippen LogP) is 1.95. The number of rotatable bonds is 5. The maximum Gasteiger partial charge on any atom is 0.270 e. The van der Waals surface area contributed by atoms with Crippen molar-refractivity contribution in [1.82, 2.24) is 19.7 Å². The molecule has 1 aliphatic rings. The zero-order valence-corrected chi connectivity index (χ0v) is 14.0. The van der Waals surface area contributed by atoms with Crippen LogP contribution < -0.4 is 0 Å². The zero-order chi connectivity index (χ0) is 16.4. The first-order chi connectivity index (χ1) is 11.1. The Labute approximate surface area is 136 Å². The average Bonchev–Trinajstić information content (AvgIpc) is 3.24. The van der Waals surface area contributed by atoms with E-state index in [1.54, 1.807) is 0 Å². The lowest BCUT2D eigenvalue weighted by atomic mass is 9.92. The molecule has 0 saturated carbocycles. The van der Waals surface area contributed by atoms with Gasteiger partial charge in [-0.2, -0.15) is 5.10 Å². The summed E-state index contributed by atoms with van der Waals surface area (Å²) in [7, 11) is 1.92. The third-order valence-electron chi connectivity index (χ3n) is 4.59. The molecule has 6 nitrogen and oxygen atoms in total. The molecule has 0 unspecified atom stereocenters. The molecule has 124 valence electrons. The molecule has 3 rings (SSSR count). The fourth-order valence-electron chi connectivity index (χ4n) is 3.32. The molecule has 1 fully saturated rings. The molecule has 0 bridgehead atoms. The molecule has 1 N–H and O–H groups in total. The van der Waals surface area contributed by atoms with E-state index >= 15 is 0 Å². The van der Waals surface area contributed by atoms with Crippen molar-refractivity contribution in [1.29, 1.82) is 0 Å². The lowest BCUT2D eigenvalue weighted by Gasteiger charge is -2.16. The molecule has 1 amide bonds. The van der Waals surface area contributed by atoms with Crippen LogP contribution in [0.4, 0.5) is 0 Å². The van der Waals surface area contributed by atoms with Crippen molar-refractivity contribution < 1.29 is 9.53 Å². The molecule has 0 spiro atoms. The Kier molecular flexibility index (Phi) is 4.52. The SMILES string of the molecule is CCOC[C@@H]1CN(C(=O)c2[nH]ccc2C)C[C@H]1c1cnn(C)c1. The minimum atomic E-state index is 0.0698.